The van der Waals surface area contributed by atoms with Gasteiger partial charge in [0.2, 0.25) is 0 Å². The van der Waals surface area contributed by atoms with Crippen molar-refractivity contribution in [1.82, 2.24) is 4.98 Å². The molecule has 1 amide bonds. The van der Waals surface area contributed by atoms with E-state index in [1.165, 1.54) is 11.8 Å². The Kier molecular flexibility index (Phi) is 4.10. The summed E-state index contributed by atoms with van der Waals surface area (Å²) in [5, 5.41) is 6.01. The molecule has 0 bridgehead atoms. The maximum absolute atomic E-state index is 11.9. The van der Waals surface area contributed by atoms with Gasteiger partial charge >= 0.3 is 0 Å². The fourth-order valence-corrected chi connectivity index (χ4v) is 2.15. The number of nitrogens with one attached hydrogen (secondary N) is 2. The number of benzene rings is 1. The number of furan rings is 1. The van der Waals surface area contributed by atoms with Crippen LogP contribution in [0, 0.1) is 13.8 Å². The van der Waals surface area contributed by atoms with Gasteiger partial charge in [-0.15, -0.1) is 0 Å². The van der Waals surface area contributed by atoms with Crippen molar-refractivity contribution in [2.45, 2.75) is 13.8 Å². The van der Waals surface area contributed by atoms with Crippen LogP contribution in [0.4, 0.5) is 17.2 Å². The van der Waals surface area contributed by atoms with E-state index >= 15 is 0 Å². The number of hydrogen-bond donors (Lipinski definition) is 2. The van der Waals surface area contributed by atoms with Crippen molar-refractivity contribution < 1.29 is 9.21 Å². The monoisotopic (exact) mass is 307 g/mol. The molecular weight excluding hydrogens is 290 g/mol. The molecule has 5 nitrogen and oxygen atoms in total. The van der Waals surface area contributed by atoms with Crippen LogP contribution < -0.4 is 10.6 Å². The maximum Gasteiger partial charge on any atom is 0.292 e. The standard InChI is InChI=1S/C18H17N3O2/c1-12-5-6-13(2)15(10-12)20-14-7-8-17(19-11-14)21-18(22)16-4-3-9-23-16/h3-11,20H,1-2H3,(H,19,21,22). The Hall–Kier alpha value is -3.08. The molecule has 3 rings (SSSR count). The molecule has 0 unspecified atom stereocenters. The second-order valence-corrected chi connectivity index (χ2v) is 5.31. The Balaban J connectivity index is 1.70. The van der Waals surface area contributed by atoms with Crippen molar-refractivity contribution in [2.75, 3.05) is 10.6 Å². The Labute approximate surface area is 134 Å². The molecule has 0 atom stereocenters. The SMILES string of the molecule is Cc1ccc(C)c(Nc2ccc(NC(=O)c3ccco3)nc2)c1. The zero-order valence-electron chi connectivity index (χ0n) is 13.0. The van der Waals surface area contributed by atoms with E-state index in [-0.39, 0.29) is 11.7 Å². The number of nitrogens with zero attached hydrogens (tertiary/aromatic N) is 1. The molecule has 0 saturated carbocycles. The van der Waals surface area contributed by atoms with Crippen molar-refractivity contribution in [1.29, 1.82) is 0 Å². The van der Waals surface area contributed by atoms with Crippen LogP contribution in [-0.2, 0) is 0 Å². The number of amides is 1. The minimum Gasteiger partial charge on any atom is -0.459 e. The normalized spacial score (nSPS) is 10.3. The average Bonchev–Trinajstić information content (AvgIpc) is 3.07. The Morgan fingerprint density at radius 1 is 1.13 bits per heavy atom. The van der Waals surface area contributed by atoms with Gasteiger partial charge in [-0.1, -0.05) is 12.1 Å². The third-order valence-corrected chi connectivity index (χ3v) is 3.42. The smallest absolute Gasteiger partial charge is 0.292 e. The van der Waals surface area contributed by atoms with Crippen LogP contribution in [0.25, 0.3) is 0 Å². The zero-order valence-corrected chi connectivity index (χ0v) is 13.0. The fourth-order valence-electron chi connectivity index (χ4n) is 2.15. The number of aryl methyl sites for hydroxylation is 2. The molecule has 0 saturated heterocycles. The second-order valence-electron chi connectivity index (χ2n) is 5.31. The maximum atomic E-state index is 11.9. The highest BCUT2D eigenvalue weighted by molar-refractivity contribution is 6.01. The van der Waals surface area contributed by atoms with E-state index < -0.39 is 0 Å². The summed E-state index contributed by atoms with van der Waals surface area (Å²) in [4.78, 5) is 16.1. The number of aromatic nitrogens is 1. The van der Waals surface area contributed by atoms with E-state index in [1.54, 1.807) is 24.4 Å². The third kappa shape index (κ3) is 3.58. The van der Waals surface area contributed by atoms with Crippen molar-refractivity contribution in [3.63, 3.8) is 0 Å². The van der Waals surface area contributed by atoms with Gasteiger partial charge in [-0.3, -0.25) is 4.79 Å². The number of pyridine rings is 1. The summed E-state index contributed by atoms with van der Waals surface area (Å²) >= 11 is 0. The molecule has 0 aliphatic heterocycles. The second kappa shape index (κ2) is 6.36. The van der Waals surface area contributed by atoms with Gasteiger partial charge in [0.05, 0.1) is 18.1 Å². The Morgan fingerprint density at radius 2 is 2.00 bits per heavy atom. The largest absolute Gasteiger partial charge is 0.459 e. The van der Waals surface area contributed by atoms with Gasteiger partial charge in [0, 0.05) is 5.69 Å². The van der Waals surface area contributed by atoms with Crippen LogP contribution in [0.2, 0.25) is 0 Å². The van der Waals surface area contributed by atoms with Gasteiger partial charge < -0.3 is 15.1 Å². The summed E-state index contributed by atoms with van der Waals surface area (Å²) in [6.45, 7) is 4.10. The van der Waals surface area contributed by atoms with Crippen LogP contribution in [-0.4, -0.2) is 10.9 Å². The summed E-state index contributed by atoms with van der Waals surface area (Å²) < 4.78 is 5.04. The minimum absolute atomic E-state index is 0.254. The van der Waals surface area contributed by atoms with Crippen LogP contribution in [0.3, 0.4) is 0 Å². The first-order chi connectivity index (χ1) is 11.1. The lowest BCUT2D eigenvalue weighted by Gasteiger charge is -2.11. The lowest BCUT2D eigenvalue weighted by Crippen LogP contribution is -2.11. The molecule has 3 aromatic rings. The Bertz CT molecular complexity index is 809. The lowest BCUT2D eigenvalue weighted by molar-refractivity contribution is 0.0996. The van der Waals surface area contributed by atoms with Crippen molar-refractivity contribution in [3.8, 4) is 0 Å². The molecule has 0 aliphatic rings. The molecule has 5 heteroatoms. The zero-order chi connectivity index (χ0) is 16.2. The number of anilines is 3. The van der Waals surface area contributed by atoms with Crippen LogP contribution in [0.1, 0.15) is 21.7 Å². The first kappa shape index (κ1) is 14.8. The highest BCUT2D eigenvalue weighted by Crippen LogP contribution is 2.22. The van der Waals surface area contributed by atoms with Crippen LogP contribution in [0.5, 0.6) is 0 Å². The molecule has 116 valence electrons. The molecule has 2 aromatic heterocycles. The molecular formula is C18H17N3O2. The molecule has 23 heavy (non-hydrogen) atoms. The first-order valence-electron chi connectivity index (χ1n) is 7.27. The van der Waals surface area contributed by atoms with Crippen LogP contribution >= 0.6 is 0 Å². The van der Waals surface area contributed by atoms with Gasteiger partial charge in [0.1, 0.15) is 5.82 Å². The average molecular weight is 307 g/mol. The summed E-state index contributed by atoms with van der Waals surface area (Å²) in [6.07, 6.45) is 3.14. The van der Waals surface area contributed by atoms with Gasteiger partial charge in [-0.25, -0.2) is 4.98 Å². The van der Waals surface area contributed by atoms with Crippen molar-refractivity contribution in [3.05, 3.63) is 71.8 Å². The summed E-state index contributed by atoms with van der Waals surface area (Å²) in [6, 6.07) is 13.1. The van der Waals surface area contributed by atoms with E-state index in [2.05, 4.69) is 40.7 Å². The van der Waals surface area contributed by atoms with Gasteiger partial charge in [-0.05, 0) is 55.3 Å². The van der Waals surface area contributed by atoms with Crippen molar-refractivity contribution >= 4 is 23.1 Å². The molecule has 0 fully saturated rings. The highest BCUT2D eigenvalue weighted by Gasteiger charge is 2.09. The van der Waals surface area contributed by atoms with Gasteiger partial charge in [-0.2, -0.15) is 0 Å². The molecule has 0 aliphatic carbocycles. The quantitative estimate of drug-likeness (QED) is 0.754. The van der Waals surface area contributed by atoms with Crippen LogP contribution in [0.15, 0.2) is 59.3 Å². The highest BCUT2D eigenvalue weighted by atomic mass is 16.3. The number of carbonyl (C=O) groups is 1. The molecule has 1 aromatic carbocycles. The predicted molar refractivity (Wildman–Crippen MR) is 90.1 cm³/mol. The number of hydrogen-bond acceptors (Lipinski definition) is 4. The molecule has 2 heterocycles. The summed E-state index contributed by atoms with van der Waals surface area (Å²) in [5.41, 5.74) is 4.24. The number of carbonyl (C=O) groups excluding carboxylic acids is 1. The van der Waals surface area contributed by atoms with E-state index in [1.807, 2.05) is 13.0 Å². The first-order valence-corrected chi connectivity index (χ1v) is 7.27. The topological polar surface area (TPSA) is 67.2 Å². The van der Waals surface area contributed by atoms with Gasteiger partial charge in [0.15, 0.2) is 5.76 Å². The minimum atomic E-state index is -0.322. The van der Waals surface area contributed by atoms with Crippen molar-refractivity contribution in [2.24, 2.45) is 0 Å². The van der Waals surface area contributed by atoms with Gasteiger partial charge in [0.25, 0.3) is 5.91 Å². The molecule has 0 spiro atoms. The molecule has 2 N–H and O–H groups in total. The summed E-state index contributed by atoms with van der Waals surface area (Å²) in [5.74, 6) is 0.403. The van der Waals surface area contributed by atoms with E-state index in [0.717, 1.165) is 16.9 Å². The molecule has 0 radical (unpaired) electrons. The Morgan fingerprint density at radius 3 is 2.70 bits per heavy atom. The van der Waals surface area contributed by atoms with E-state index in [9.17, 15) is 4.79 Å². The summed E-state index contributed by atoms with van der Waals surface area (Å²) in [7, 11) is 0. The lowest BCUT2D eigenvalue weighted by atomic mass is 10.1. The van der Waals surface area contributed by atoms with E-state index in [0.29, 0.717) is 5.82 Å². The fraction of sp³-hybridized carbons (Fsp3) is 0.111. The number of rotatable bonds is 4. The predicted octanol–water partition coefficient (Wildman–Crippen LogP) is 4.29. The van der Waals surface area contributed by atoms with E-state index in [4.69, 9.17) is 4.42 Å². The third-order valence-electron chi connectivity index (χ3n) is 3.42.